The number of likely N-dealkylation sites (N-methyl/N-ethyl adjacent to an activating group) is 1. The predicted molar refractivity (Wildman–Crippen MR) is 73.3 cm³/mol. The molecular weight excluding hydrogens is 224 g/mol. The molecule has 0 spiro atoms. The van der Waals surface area contributed by atoms with E-state index in [1.807, 2.05) is 54.2 Å². The van der Waals surface area contributed by atoms with Gasteiger partial charge in [0.15, 0.2) is 0 Å². The SMILES string of the molecule is C[C@H]1CCCN1C(=O)[C@@H](c1ccccc1)N(C)C. The molecule has 3 heteroatoms. The van der Waals surface area contributed by atoms with E-state index in [2.05, 4.69) is 6.92 Å². The summed E-state index contributed by atoms with van der Waals surface area (Å²) in [5, 5.41) is 0. The Hall–Kier alpha value is -1.35. The van der Waals surface area contributed by atoms with E-state index in [0.29, 0.717) is 6.04 Å². The molecule has 1 heterocycles. The number of hydrogen-bond acceptors (Lipinski definition) is 2. The molecule has 1 fully saturated rings. The van der Waals surface area contributed by atoms with Crippen molar-refractivity contribution in [2.45, 2.75) is 31.8 Å². The number of carbonyl (C=O) groups excluding carboxylic acids is 1. The van der Waals surface area contributed by atoms with Crippen molar-refractivity contribution in [3.05, 3.63) is 35.9 Å². The van der Waals surface area contributed by atoms with Crippen molar-refractivity contribution in [3.63, 3.8) is 0 Å². The zero-order valence-corrected chi connectivity index (χ0v) is 11.5. The van der Waals surface area contributed by atoms with Crippen molar-refractivity contribution in [1.29, 1.82) is 0 Å². The van der Waals surface area contributed by atoms with Crippen LogP contribution in [-0.2, 0) is 4.79 Å². The number of nitrogens with zero attached hydrogens (tertiary/aromatic N) is 2. The number of benzene rings is 1. The lowest BCUT2D eigenvalue weighted by Gasteiger charge is -2.30. The monoisotopic (exact) mass is 246 g/mol. The maximum Gasteiger partial charge on any atom is 0.244 e. The third-order valence-electron chi connectivity index (χ3n) is 3.70. The minimum atomic E-state index is -0.160. The quantitative estimate of drug-likeness (QED) is 0.817. The summed E-state index contributed by atoms with van der Waals surface area (Å²) in [6.07, 6.45) is 2.25. The molecule has 18 heavy (non-hydrogen) atoms. The van der Waals surface area contributed by atoms with Gasteiger partial charge < -0.3 is 4.90 Å². The van der Waals surface area contributed by atoms with Crippen molar-refractivity contribution in [2.24, 2.45) is 0 Å². The van der Waals surface area contributed by atoms with Gasteiger partial charge in [0.05, 0.1) is 0 Å². The maximum absolute atomic E-state index is 12.7. The molecule has 1 aliphatic rings. The van der Waals surface area contributed by atoms with Crippen LogP contribution in [0.15, 0.2) is 30.3 Å². The Morgan fingerprint density at radius 1 is 1.33 bits per heavy atom. The highest BCUT2D eigenvalue weighted by molar-refractivity contribution is 5.83. The number of amides is 1. The molecule has 0 saturated carbocycles. The zero-order chi connectivity index (χ0) is 13.1. The Morgan fingerprint density at radius 2 is 2.00 bits per heavy atom. The van der Waals surface area contributed by atoms with Gasteiger partial charge in [-0.25, -0.2) is 0 Å². The average Bonchev–Trinajstić information content (AvgIpc) is 2.76. The Bertz CT molecular complexity index is 402. The van der Waals surface area contributed by atoms with Crippen LogP contribution in [0.5, 0.6) is 0 Å². The van der Waals surface area contributed by atoms with Crippen molar-refractivity contribution in [1.82, 2.24) is 9.80 Å². The summed E-state index contributed by atoms with van der Waals surface area (Å²) in [5.41, 5.74) is 1.08. The van der Waals surface area contributed by atoms with Gasteiger partial charge in [-0.15, -0.1) is 0 Å². The fraction of sp³-hybridized carbons (Fsp3) is 0.533. The second kappa shape index (κ2) is 5.53. The highest BCUT2D eigenvalue weighted by Crippen LogP contribution is 2.25. The molecule has 0 aliphatic carbocycles. The minimum absolute atomic E-state index is 0.160. The standard InChI is InChI=1S/C15H22N2O/c1-12-8-7-11-17(12)15(18)14(16(2)3)13-9-5-4-6-10-13/h4-6,9-10,12,14H,7-8,11H2,1-3H3/t12-,14+/m0/s1. The third kappa shape index (κ3) is 2.56. The van der Waals surface area contributed by atoms with Gasteiger partial charge in [0, 0.05) is 12.6 Å². The summed E-state index contributed by atoms with van der Waals surface area (Å²) in [4.78, 5) is 16.7. The lowest BCUT2D eigenvalue weighted by atomic mass is 10.0. The lowest BCUT2D eigenvalue weighted by molar-refractivity contribution is -0.136. The van der Waals surface area contributed by atoms with Gasteiger partial charge in [0.25, 0.3) is 0 Å². The van der Waals surface area contributed by atoms with Crippen LogP contribution in [0, 0.1) is 0 Å². The van der Waals surface area contributed by atoms with Crippen LogP contribution >= 0.6 is 0 Å². The highest BCUT2D eigenvalue weighted by atomic mass is 16.2. The molecule has 0 radical (unpaired) electrons. The molecule has 2 rings (SSSR count). The molecule has 0 aromatic heterocycles. The van der Waals surface area contributed by atoms with Gasteiger partial charge in [-0.3, -0.25) is 9.69 Å². The molecule has 1 aliphatic heterocycles. The van der Waals surface area contributed by atoms with Crippen molar-refractivity contribution >= 4 is 5.91 Å². The molecule has 1 aromatic rings. The first-order valence-corrected chi connectivity index (χ1v) is 6.63. The van der Waals surface area contributed by atoms with Crippen LogP contribution in [0.3, 0.4) is 0 Å². The van der Waals surface area contributed by atoms with E-state index in [9.17, 15) is 4.79 Å². The highest BCUT2D eigenvalue weighted by Gasteiger charge is 2.32. The van der Waals surface area contributed by atoms with Crippen LogP contribution in [0.2, 0.25) is 0 Å². The lowest BCUT2D eigenvalue weighted by Crippen LogP contribution is -2.42. The van der Waals surface area contributed by atoms with E-state index in [1.54, 1.807) is 0 Å². The van der Waals surface area contributed by atoms with Crippen LogP contribution in [0.25, 0.3) is 0 Å². The zero-order valence-electron chi connectivity index (χ0n) is 11.5. The second-order valence-electron chi connectivity index (χ2n) is 5.30. The molecule has 0 N–H and O–H groups in total. The van der Waals surface area contributed by atoms with Gasteiger partial charge in [0.2, 0.25) is 5.91 Å². The molecule has 3 nitrogen and oxygen atoms in total. The van der Waals surface area contributed by atoms with E-state index < -0.39 is 0 Å². The van der Waals surface area contributed by atoms with Crippen LogP contribution < -0.4 is 0 Å². The van der Waals surface area contributed by atoms with Gasteiger partial charge in [-0.1, -0.05) is 30.3 Å². The van der Waals surface area contributed by atoms with Gasteiger partial charge >= 0.3 is 0 Å². The fourth-order valence-electron chi connectivity index (χ4n) is 2.71. The number of hydrogen-bond donors (Lipinski definition) is 0. The van der Waals surface area contributed by atoms with Crippen LogP contribution in [0.1, 0.15) is 31.4 Å². The smallest absolute Gasteiger partial charge is 0.244 e. The van der Waals surface area contributed by atoms with Crippen molar-refractivity contribution in [3.8, 4) is 0 Å². The van der Waals surface area contributed by atoms with Crippen molar-refractivity contribution in [2.75, 3.05) is 20.6 Å². The molecule has 0 unspecified atom stereocenters. The molecule has 2 atom stereocenters. The summed E-state index contributed by atoms with van der Waals surface area (Å²) in [7, 11) is 3.94. The fourth-order valence-corrected chi connectivity index (χ4v) is 2.71. The number of carbonyl (C=O) groups is 1. The molecule has 0 bridgehead atoms. The van der Waals surface area contributed by atoms with E-state index in [4.69, 9.17) is 0 Å². The molecule has 1 amide bonds. The van der Waals surface area contributed by atoms with Gasteiger partial charge in [-0.2, -0.15) is 0 Å². The Labute approximate surface area is 109 Å². The topological polar surface area (TPSA) is 23.6 Å². The largest absolute Gasteiger partial charge is 0.338 e. The van der Waals surface area contributed by atoms with E-state index in [-0.39, 0.29) is 11.9 Å². The summed E-state index contributed by atoms with van der Waals surface area (Å²) in [6.45, 7) is 3.04. The summed E-state index contributed by atoms with van der Waals surface area (Å²) in [6, 6.07) is 10.3. The molecular formula is C15H22N2O. The first kappa shape index (κ1) is 13.1. The average molecular weight is 246 g/mol. The van der Waals surface area contributed by atoms with Gasteiger partial charge in [0.1, 0.15) is 6.04 Å². The van der Waals surface area contributed by atoms with E-state index in [1.165, 1.54) is 0 Å². The van der Waals surface area contributed by atoms with Crippen LogP contribution in [-0.4, -0.2) is 42.4 Å². The van der Waals surface area contributed by atoms with Crippen molar-refractivity contribution < 1.29 is 4.79 Å². The Morgan fingerprint density at radius 3 is 2.50 bits per heavy atom. The maximum atomic E-state index is 12.7. The Kier molecular flexibility index (Phi) is 4.02. The summed E-state index contributed by atoms with van der Waals surface area (Å²) in [5.74, 6) is 0.233. The molecule has 1 saturated heterocycles. The third-order valence-corrected chi connectivity index (χ3v) is 3.70. The molecule has 1 aromatic carbocycles. The first-order valence-electron chi connectivity index (χ1n) is 6.63. The van der Waals surface area contributed by atoms with Gasteiger partial charge in [-0.05, 0) is 39.4 Å². The first-order chi connectivity index (χ1) is 8.61. The second-order valence-corrected chi connectivity index (χ2v) is 5.30. The number of rotatable bonds is 3. The predicted octanol–water partition coefficient (Wildman–Crippen LogP) is 2.30. The summed E-state index contributed by atoms with van der Waals surface area (Å²) >= 11 is 0. The molecule has 98 valence electrons. The van der Waals surface area contributed by atoms with Crippen LogP contribution in [0.4, 0.5) is 0 Å². The Balaban J connectivity index is 2.23. The van der Waals surface area contributed by atoms with E-state index in [0.717, 1.165) is 24.9 Å². The number of likely N-dealkylation sites (tertiary alicyclic amines) is 1. The van der Waals surface area contributed by atoms with E-state index >= 15 is 0 Å². The summed E-state index contributed by atoms with van der Waals surface area (Å²) < 4.78 is 0. The normalized spacial score (nSPS) is 21.3. The minimum Gasteiger partial charge on any atom is -0.338 e.